The first-order valence-corrected chi connectivity index (χ1v) is 7.43. The van der Waals surface area contributed by atoms with Gasteiger partial charge in [-0.25, -0.2) is 0 Å². The van der Waals surface area contributed by atoms with Crippen LogP contribution in [0.4, 0.5) is 5.82 Å². The Morgan fingerprint density at radius 2 is 1.95 bits per heavy atom. The minimum Gasteiger partial charge on any atom is -0.308 e. The second-order valence-electron chi connectivity index (χ2n) is 4.96. The molecule has 3 rings (SSSR count). The van der Waals surface area contributed by atoms with E-state index >= 15 is 0 Å². The Kier molecular flexibility index (Phi) is 5.69. The van der Waals surface area contributed by atoms with Crippen molar-refractivity contribution in [2.24, 2.45) is 0 Å². The Bertz CT molecular complexity index is 648. The fourth-order valence-electron chi connectivity index (χ4n) is 2.36. The van der Waals surface area contributed by atoms with E-state index < -0.39 is 0 Å². The zero-order valence-corrected chi connectivity index (χ0v) is 13.9. The lowest BCUT2D eigenvalue weighted by Gasteiger charge is -2.08. The molecular formula is C14H15Cl3N4O. The quantitative estimate of drug-likeness (QED) is 0.783. The number of amides is 1. The highest BCUT2D eigenvalue weighted by atomic mass is 35.5. The van der Waals surface area contributed by atoms with Gasteiger partial charge in [-0.15, -0.1) is 12.4 Å². The van der Waals surface area contributed by atoms with Crippen LogP contribution in [0.25, 0.3) is 11.3 Å². The van der Waals surface area contributed by atoms with E-state index in [1.54, 1.807) is 24.3 Å². The molecule has 2 aromatic rings. The third kappa shape index (κ3) is 3.93. The number of nitrogens with zero attached hydrogens (tertiary/aromatic N) is 1. The molecule has 0 bridgehead atoms. The van der Waals surface area contributed by atoms with Crippen LogP contribution in [0.15, 0.2) is 24.3 Å². The number of rotatable bonds is 3. The fraction of sp³-hybridized carbons (Fsp3) is 0.286. The number of anilines is 1. The van der Waals surface area contributed by atoms with Gasteiger partial charge in [0, 0.05) is 21.7 Å². The summed E-state index contributed by atoms with van der Waals surface area (Å²) in [6.07, 6.45) is 1.87. The first-order chi connectivity index (χ1) is 10.1. The van der Waals surface area contributed by atoms with Gasteiger partial charge in [-0.05, 0) is 37.6 Å². The molecule has 8 heteroatoms. The molecule has 0 radical (unpaired) electrons. The third-order valence-electron chi connectivity index (χ3n) is 3.38. The summed E-state index contributed by atoms with van der Waals surface area (Å²) < 4.78 is 0. The number of halogens is 3. The second kappa shape index (κ2) is 7.33. The highest BCUT2D eigenvalue weighted by molar-refractivity contribution is 6.35. The number of nitrogens with one attached hydrogen (secondary N) is 3. The van der Waals surface area contributed by atoms with E-state index in [0.29, 0.717) is 15.9 Å². The topological polar surface area (TPSA) is 69.8 Å². The van der Waals surface area contributed by atoms with E-state index in [-0.39, 0.29) is 24.4 Å². The Labute approximate surface area is 144 Å². The molecule has 2 heterocycles. The first-order valence-electron chi connectivity index (χ1n) is 6.68. The second-order valence-corrected chi connectivity index (χ2v) is 5.84. The minimum atomic E-state index is -0.134. The summed E-state index contributed by atoms with van der Waals surface area (Å²) >= 11 is 12.0. The molecule has 22 heavy (non-hydrogen) atoms. The minimum absolute atomic E-state index is 0. The lowest BCUT2D eigenvalue weighted by Crippen LogP contribution is -2.35. The van der Waals surface area contributed by atoms with E-state index in [1.165, 1.54) is 0 Å². The fourth-order valence-corrected chi connectivity index (χ4v) is 2.89. The largest absolute Gasteiger partial charge is 0.308 e. The van der Waals surface area contributed by atoms with Crippen LogP contribution in [0.5, 0.6) is 0 Å². The number of H-pyrrole nitrogens is 1. The Morgan fingerprint density at radius 1 is 1.23 bits per heavy atom. The van der Waals surface area contributed by atoms with Crippen LogP contribution in [0.1, 0.15) is 12.8 Å². The molecule has 1 aromatic heterocycles. The van der Waals surface area contributed by atoms with Crippen LogP contribution in [-0.2, 0) is 4.79 Å². The molecule has 1 aliphatic heterocycles. The van der Waals surface area contributed by atoms with Crippen molar-refractivity contribution in [2.45, 2.75) is 18.9 Å². The van der Waals surface area contributed by atoms with Crippen molar-refractivity contribution in [3.05, 3.63) is 34.3 Å². The molecule has 1 saturated heterocycles. The Morgan fingerprint density at radius 3 is 2.59 bits per heavy atom. The monoisotopic (exact) mass is 360 g/mol. The number of hydrogen-bond donors (Lipinski definition) is 3. The van der Waals surface area contributed by atoms with Gasteiger partial charge in [0.15, 0.2) is 5.82 Å². The molecule has 118 valence electrons. The van der Waals surface area contributed by atoms with Crippen LogP contribution >= 0.6 is 35.6 Å². The molecule has 1 aromatic carbocycles. The number of hydrogen-bond acceptors (Lipinski definition) is 3. The van der Waals surface area contributed by atoms with Gasteiger partial charge in [0.25, 0.3) is 0 Å². The summed E-state index contributed by atoms with van der Waals surface area (Å²) in [7, 11) is 0. The van der Waals surface area contributed by atoms with E-state index in [4.69, 9.17) is 23.2 Å². The number of aromatic nitrogens is 2. The van der Waals surface area contributed by atoms with E-state index in [0.717, 1.165) is 30.6 Å². The van der Waals surface area contributed by atoms with Crippen LogP contribution in [-0.4, -0.2) is 28.7 Å². The molecule has 1 unspecified atom stereocenters. The smallest absolute Gasteiger partial charge is 0.242 e. The SMILES string of the molecule is Cl.O=C(Nc1cc(-c2cc(Cl)cc(Cl)c2)[nH]n1)C1CCCN1. The van der Waals surface area contributed by atoms with Crippen molar-refractivity contribution in [1.29, 1.82) is 0 Å². The molecule has 0 spiro atoms. The zero-order chi connectivity index (χ0) is 14.8. The van der Waals surface area contributed by atoms with Gasteiger partial charge in [-0.3, -0.25) is 9.89 Å². The third-order valence-corrected chi connectivity index (χ3v) is 3.82. The maximum absolute atomic E-state index is 12.0. The van der Waals surface area contributed by atoms with Gasteiger partial charge >= 0.3 is 0 Å². The van der Waals surface area contributed by atoms with Crippen molar-refractivity contribution in [2.75, 3.05) is 11.9 Å². The molecule has 1 atom stereocenters. The predicted octanol–water partition coefficient (Wildman–Crippen LogP) is 3.50. The standard InChI is InChI=1S/C14H14Cl2N4O.ClH/c15-9-4-8(5-10(16)6-9)12-7-13(20-19-12)18-14(21)11-2-1-3-17-11;/h4-7,11,17H,1-3H2,(H2,18,19,20,21);1H. The summed E-state index contributed by atoms with van der Waals surface area (Å²) in [5, 5.41) is 14.0. The normalized spacial score (nSPS) is 17.1. The predicted molar refractivity (Wildman–Crippen MR) is 90.9 cm³/mol. The Hall–Kier alpha value is -1.27. The average molecular weight is 362 g/mol. The van der Waals surface area contributed by atoms with Crippen LogP contribution < -0.4 is 10.6 Å². The summed E-state index contributed by atoms with van der Waals surface area (Å²) in [5.41, 5.74) is 1.56. The molecule has 1 amide bonds. The first kappa shape index (κ1) is 17.1. The van der Waals surface area contributed by atoms with E-state index in [2.05, 4.69) is 20.8 Å². The van der Waals surface area contributed by atoms with Crippen LogP contribution in [0.2, 0.25) is 10.0 Å². The summed E-state index contributed by atoms with van der Waals surface area (Å²) in [6, 6.07) is 6.85. The zero-order valence-electron chi connectivity index (χ0n) is 11.5. The molecule has 1 aliphatic rings. The number of aromatic amines is 1. The Balaban J connectivity index is 0.00000176. The summed E-state index contributed by atoms with van der Waals surface area (Å²) in [4.78, 5) is 12.0. The van der Waals surface area contributed by atoms with Crippen molar-refractivity contribution >= 4 is 47.3 Å². The van der Waals surface area contributed by atoms with Gasteiger partial charge in [0.2, 0.25) is 5.91 Å². The van der Waals surface area contributed by atoms with Crippen LogP contribution in [0.3, 0.4) is 0 Å². The highest BCUT2D eigenvalue weighted by Gasteiger charge is 2.22. The van der Waals surface area contributed by atoms with Gasteiger partial charge in [0.1, 0.15) is 0 Å². The molecule has 0 saturated carbocycles. The van der Waals surface area contributed by atoms with Crippen molar-refractivity contribution in [1.82, 2.24) is 15.5 Å². The van der Waals surface area contributed by atoms with Gasteiger partial charge < -0.3 is 10.6 Å². The van der Waals surface area contributed by atoms with Crippen molar-refractivity contribution < 1.29 is 4.79 Å². The highest BCUT2D eigenvalue weighted by Crippen LogP contribution is 2.27. The van der Waals surface area contributed by atoms with Gasteiger partial charge in [-0.2, -0.15) is 5.10 Å². The maximum Gasteiger partial charge on any atom is 0.242 e. The van der Waals surface area contributed by atoms with Crippen LogP contribution in [0, 0.1) is 0 Å². The molecule has 3 N–H and O–H groups in total. The summed E-state index contributed by atoms with van der Waals surface area (Å²) in [6.45, 7) is 0.880. The lowest BCUT2D eigenvalue weighted by atomic mass is 10.1. The van der Waals surface area contributed by atoms with Crippen molar-refractivity contribution in [3.8, 4) is 11.3 Å². The van der Waals surface area contributed by atoms with Gasteiger partial charge in [-0.1, -0.05) is 23.2 Å². The number of benzene rings is 1. The average Bonchev–Trinajstić information content (AvgIpc) is 3.08. The van der Waals surface area contributed by atoms with E-state index in [9.17, 15) is 4.79 Å². The molecule has 1 fully saturated rings. The summed E-state index contributed by atoms with van der Waals surface area (Å²) in [5.74, 6) is 0.425. The number of carbonyl (C=O) groups is 1. The van der Waals surface area contributed by atoms with E-state index in [1.807, 2.05) is 0 Å². The van der Waals surface area contributed by atoms with Gasteiger partial charge in [0.05, 0.1) is 11.7 Å². The molecular weight excluding hydrogens is 347 g/mol. The maximum atomic E-state index is 12.0. The number of carbonyl (C=O) groups excluding carboxylic acids is 1. The van der Waals surface area contributed by atoms with Crippen molar-refractivity contribution in [3.63, 3.8) is 0 Å². The molecule has 5 nitrogen and oxygen atoms in total. The lowest BCUT2D eigenvalue weighted by molar-refractivity contribution is -0.117. The molecule has 0 aliphatic carbocycles.